The summed E-state index contributed by atoms with van der Waals surface area (Å²) >= 11 is 0. The van der Waals surface area contributed by atoms with Crippen LogP contribution < -0.4 is 0 Å². The molecule has 0 radical (unpaired) electrons. The van der Waals surface area contributed by atoms with Crippen molar-refractivity contribution in [1.82, 2.24) is 19.6 Å². The minimum Gasteiger partial charge on any atom is -0.379 e. The van der Waals surface area contributed by atoms with Crippen molar-refractivity contribution in [2.75, 3.05) is 110 Å². The molecule has 0 heterocycles. The summed E-state index contributed by atoms with van der Waals surface area (Å²) in [5.41, 5.74) is 0. The van der Waals surface area contributed by atoms with Crippen LogP contribution in [-0.4, -0.2) is 151 Å². The molecule has 0 aliphatic rings. The number of ether oxygens (including phenoxy) is 2. The van der Waals surface area contributed by atoms with E-state index in [9.17, 15) is 0 Å². The van der Waals surface area contributed by atoms with Gasteiger partial charge in [-0.25, -0.2) is 0 Å². The third-order valence-electron chi connectivity index (χ3n) is 4.01. The molecule has 160 valence electrons. The molecule has 0 bridgehead atoms. The fourth-order valence-corrected chi connectivity index (χ4v) is 3.29. The van der Waals surface area contributed by atoms with E-state index >= 15 is 0 Å². The largest absolute Gasteiger partial charge is 0.379 e. The highest BCUT2D eigenvalue weighted by Crippen LogP contribution is 1.95. The molecule has 0 N–H and O–H groups in total. The van der Waals surface area contributed by atoms with Crippen LogP contribution in [-0.2, 0) is 9.47 Å². The van der Waals surface area contributed by atoms with Gasteiger partial charge in [-0.05, 0) is 0 Å². The number of guanidine groups is 2. The lowest BCUT2D eigenvalue weighted by Gasteiger charge is -2.21. The first-order valence-electron chi connectivity index (χ1n) is 9.60. The van der Waals surface area contributed by atoms with E-state index in [1.165, 1.54) is 5.96 Å². The molecule has 27 heavy (non-hydrogen) atoms. The quantitative estimate of drug-likeness (QED) is 0.220. The highest BCUT2D eigenvalue weighted by molar-refractivity contribution is 5.74. The molecular formula is C19H44N6O2+2. The summed E-state index contributed by atoms with van der Waals surface area (Å²) < 4.78 is 15.6. The number of likely N-dealkylation sites (N-methyl/N-ethyl adjacent to an activating group) is 1. The molecule has 0 spiro atoms. The third-order valence-corrected chi connectivity index (χ3v) is 4.01. The van der Waals surface area contributed by atoms with Crippen molar-refractivity contribution >= 4 is 11.9 Å². The second-order valence-corrected chi connectivity index (χ2v) is 7.60. The van der Waals surface area contributed by atoms with Crippen LogP contribution >= 0.6 is 0 Å². The Bertz CT molecular complexity index is 427. The molecule has 0 aliphatic heterocycles. The molecule has 0 aromatic carbocycles. The van der Waals surface area contributed by atoms with Gasteiger partial charge in [0.2, 0.25) is 0 Å². The highest BCUT2D eigenvalue weighted by Gasteiger charge is 2.18. The molecule has 0 saturated heterocycles. The van der Waals surface area contributed by atoms with Crippen molar-refractivity contribution in [3.8, 4) is 0 Å². The normalized spacial score (nSPS) is 10.4. The zero-order valence-corrected chi connectivity index (χ0v) is 19.4. The summed E-state index contributed by atoms with van der Waals surface area (Å²) in [7, 11) is 20.7. The Morgan fingerprint density at radius 1 is 0.593 bits per heavy atom. The van der Waals surface area contributed by atoms with E-state index < -0.39 is 0 Å². The van der Waals surface area contributed by atoms with Gasteiger partial charge in [-0.2, -0.15) is 0 Å². The Morgan fingerprint density at radius 2 is 1.00 bits per heavy atom. The molecule has 8 nitrogen and oxygen atoms in total. The summed E-state index contributed by atoms with van der Waals surface area (Å²) in [6, 6.07) is 0. The van der Waals surface area contributed by atoms with Crippen LogP contribution in [0.15, 0.2) is 0 Å². The minimum atomic E-state index is 0.635. The van der Waals surface area contributed by atoms with E-state index in [0.29, 0.717) is 19.8 Å². The highest BCUT2D eigenvalue weighted by atomic mass is 16.5. The van der Waals surface area contributed by atoms with E-state index in [2.05, 4.69) is 99.2 Å². The molecule has 0 fully saturated rings. The van der Waals surface area contributed by atoms with Crippen molar-refractivity contribution in [1.29, 1.82) is 0 Å². The average Bonchev–Trinajstić information content (AvgIpc) is 2.51. The Balaban J connectivity index is 3.85. The average molecular weight is 389 g/mol. The maximum atomic E-state index is 5.70. The number of nitrogens with zero attached hydrogens (tertiary/aromatic N) is 6. The zero-order valence-electron chi connectivity index (χ0n) is 19.4. The van der Waals surface area contributed by atoms with Crippen LogP contribution in [0.2, 0.25) is 0 Å². The van der Waals surface area contributed by atoms with Gasteiger partial charge in [-0.15, -0.1) is 0 Å². The Kier molecular flexibility index (Phi) is 12.8. The topological polar surface area (TPSA) is 37.4 Å². The minimum absolute atomic E-state index is 0.635. The van der Waals surface area contributed by atoms with Crippen LogP contribution in [0.25, 0.3) is 0 Å². The van der Waals surface area contributed by atoms with E-state index in [1.807, 2.05) is 0 Å². The van der Waals surface area contributed by atoms with Gasteiger partial charge in [0.05, 0.1) is 103 Å². The van der Waals surface area contributed by atoms with Crippen LogP contribution in [0.4, 0.5) is 0 Å². The lowest BCUT2D eigenvalue weighted by molar-refractivity contribution is -0.475. The summed E-state index contributed by atoms with van der Waals surface area (Å²) in [6.45, 7) is 4.53. The van der Waals surface area contributed by atoms with E-state index in [4.69, 9.17) is 9.47 Å². The molecule has 8 heteroatoms. The summed E-state index contributed by atoms with van der Waals surface area (Å²) in [5, 5.41) is 0. The molecule has 0 aromatic heterocycles. The van der Waals surface area contributed by atoms with Crippen molar-refractivity contribution in [2.24, 2.45) is 0 Å². The fraction of sp³-hybridized carbons (Fsp3) is 0.895. The Labute approximate surface area is 167 Å². The lowest BCUT2D eigenvalue weighted by atomic mass is 10.4. The molecule has 0 atom stereocenters. The second kappa shape index (κ2) is 13.6. The van der Waals surface area contributed by atoms with Crippen molar-refractivity contribution in [3.05, 3.63) is 0 Å². The molecule has 0 aromatic rings. The first-order valence-corrected chi connectivity index (χ1v) is 9.60. The Hall–Kier alpha value is -1.54. The smallest absolute Gasteiger partial charge is 0.349 e. The van der Waals surface area contributed by atoms with Crippen LogP contribution in [0.5, 0.6) is 0 Å². The molecule has 0 saturated carbocycles. The van der Waals surface area contributed by atoms with E-state index in [0.717, 1.165) is 32.1 Å². The van der Waals surface area contributed by atoms with Gasteiger partial charge in [0.25, 0.3) is 0 Å². The molecule has 0 unspecified atom stereocenters. The van der Waals surface area contributed by atoms with Crippen LogP contribution in [0.3, 0.4) is 0 Å². The van der Waals surface area contributed by atoms with E-state index in [-0.39, 0.29) is 0 Å². The van der Waals surface area contributed by atoms with Gasteiger partial charge in [0.15, 0.2) is 0 Å². The van der Waals surface area contributed by atoms with Crippen LogP contribution in [0.1, 0.15) is 6.42 Å². The monoisotopic (exact) mass is 388 g/mol. The van der Waals surface area contributed by atoms with Gasteiger partial charge < -0.3 is 9.47 Å². The molecule has 0 amide bonds. The van der Waals surface area contributed by atoms with Crippen molar-refractivity contribution < 1.29 is 18.6 Å². The molecule has 0 aliphatic carbocycles. The van der Waals surface area contributed by atoms with Gasteiger partial charge in [0.1, 0.15) is 0 Å². The predicted octanol–water partition coefficient (Wildman–Crippen LogP) is -0.347. The Morgan fingerprint density at radius 3 is 1.41 bits per heavy atom. The maximum Gasteiger partial charge on any atom is 0.349 e. The van der Waals surface area contributed by atoms with Gasteiger partial charge in [-0.1, -0.05) is 0 Å². The van der Waals surface area contributed by atoms with Gasteiger partial charge in [0, 0.05) is 13.0 Å². The maximum absolute atomic E-state index is 5.70. The molecular weight excluding hydrogens is 344 g/mol. The first kappa shape index (κ1) is 25.5. The third kappa shape index (κ3) is 10.4. The number of hydrogen-bond acceptors (Lipinski definition) is 2. The van der Waals surface area contributed by atoms with Gasteiger partial charge >= 0.3 is 11.9 Å². The van der Waals surface area contributed by atoms with Gasteiger partial charge in [-0.3, -0.25) is 28.8 Å². The first-order chi connectivity index (χ1) is 12.6. The van der Waals surface area contributed by atoms with Crippen LogP contribution in [0, 0.1) is 0 Å². The molecule has 0 rings (SSSR count). The summed E-state index contributed by atoms with van der Waals surface area (Å²) in [4.78, 5) is 8.68. The van der Waals surface area contributed by atoms with Crippen molar-refractivity contribution in [3.63, 3.8) is 0 Å². The zero-order chi connectivity index (χ0) is 21.0. The van der Waals surface area contributed by atoms with Crippen molar-refractivity contribution in [2.45, 2.75) is 6.42 Å². The second-order valence-electron chi connectivity index (χ2n) is 7.60. The lowest BCUT2D eigenvalue weighted by Crippen LogP contribution is -2.44. The summed E-state index contributed by atoms with van der Waals surface area (Å²) in [6.07, 6.45) is 0.994. The van der Waals surface area contributed by atoms with E-state index in [1.54, 1.807) is 0 Å². The fourth-order valence-electron chi connectivity index (χ4n) is 3.29. The number of rotatable bonds is 10. The summed E-state index contributed by atoms with van der Waals surface area (Å²) in [5.74, 6) is 2.35. The number of hydrogen-bond donors (Lipinski definition) is 0. The predicted molar refractivity (Wildman–Crippen MR) is 113 cm³/mol. The SMILES string of the molecule is CN(C)C(N(C)CCCOCCOCCN(C)C(N(C)C)=[N+](C)C)=[N+](C)C. The standard InChI is InChI=1S/C19H44N6O2/c1-20(2)18(21(3)4)24(9)12-11-14-26-16-17-27-15-13-25(10)19(22(5)6)23(7)8/h11-17H2,1-10H3/q+2.